The Morgan fingerprint density at radius 2 is 1.19 bits per heavy atom. The number of nitrogens with zero attached hydrogens (tertiary/aromatic N) is 5. The van der Waals surface area contributed by atoms with E-state index in [0.717, 1.165) is 101 Å². The number of Topliss-reactive ketones (excluding diaryl/α,β-unsaturated/α-hetero) is 2. The molecule has 1 unspecified atom stereocenters. The first kappa shape index (κ1) is 50.0. The summed E-state index contributed by atoms with van der Waals surface area (Å²) in [6.07, 6.45) is 8.22. The minimum Gasteiger partial charge on any atom is -0.358 e. The van der Waals surface area contributed by atoms with Crippen molar-refractivity contribution in [1.82, 2.24) is 19.5 Å². The fraction of sp³-hybridized carbons (Fsp3) is 0.500. The van der Waals surface area contributed by atoms with Gasteiger partial charge in [-0.2, -0.15) is 0 Å². The third kappa shape index (κ3) is 10.9. The van der Waals surface area contributed by atoms with Gasteiger partial charge in [-0.05, 0) is 130 Å². The van der Waals surface area contributed by atoms with Crippen molar-refractivity contribution in [2.45, 2.75) is 143 Å². The van der Waals surface area contributed by atoms with Crippen molar-refractivity contribution < 1.29 is 48.7 Å². The highest BCUT2D eigenvalue weighted by Gasteiger charge is 2.34. The highest BCUT2D eigenvalue weighted by Crippen LogP contribution is 2.44. The van der Waals surface area contributed by atoms with Crippen LogP contribution in [0.2, 0.25) is 0 Å². The molecule has 4 saturated carbocycles. The molecule has 0 bridgehead atoms. The summed E-state index contributed by atoms with van der Waals surface area (Å²) in [5, 5.41) is 6.29. The van der Waals surface area contributed by atoms with Crippen LogP contribution >= 0.6 is 0 Å². The normalized spacial score (nSPS) is 19.3. The fourth-order valence-corrected chi connectivity index (χ4v) is 11.6. The van der Waals surface area contributed by atoms with Crippen LogP contribution in [0.1, 0.15) is 142 Å². The number of anilines is 4. The molecule has 0 spiro atoms. The predicted molar refractivity (Wildman–Crippen MR) is 264 cm³/mol. The van der Waals surface area contributed by atoms with Gasteiger partial charge in [0.25, 0.3) is 12.9 Å². The molecule has 382 valence electrons. The van der Waals surface area contributed by atoms with Gasteiger partial charge in [-0.25, -0.2) is 49.4 Å². The second-order valence-electron chi connectivity index (χ2n) is 20.2. The first-order chi connectivity index (χ1) is 34.4. The minimum atomic E-state index is -3.61. The zero-order valence-electron chi connectivity index (χ0n) is 40.1. The first-order valence-electron chi connectivity index (χ1n) is 24.8. The number of benzene rings is 2. The van der Waals surface area contributed by atoms with E-state index in [4.69, 9.17) is 4.74 Å². The molecule has 2 aliphatic heterocycles. The number of hydrogen-bond donors (Lipinski definition) is 2. The fourth-order valence-electron chi connectivity index (χ4n) is 9.88. The van der Waals surface area contributed by atoms with Gasteiger partial charge in [0.1, 0.15) is 29.0 Å². The number of carbonyl (C=O) groups is 2. The highest BCUT2D eigenvalue weighted by molar-refractivity contribution is 7.91. The Morgan fingerprint density at radius 3 is 1.67 bits per heavy atom. The van der Waals surface area contributed by atoms with Crippen molar-refractivity contribution in [2.75, 3.05) is 29.8 Å². The van der Waals surface area contributed by atoms with E-state index in [1.165, 1.54) is 4.57 Å². The summed E-state index contributed by atoms with van der Waals surface area (Å²) in [4.78, 5) is 42.8. The maximum Gasteiger partial charge on any atom is 0.295 e. The zero-order chi connectivity index (χ0) is 50.6. The molecule has 1 saturated heterocycles. The van der Waals surface area contributed by atoms with Crippen LogP contribution < -0.4 is 10.6 Å². The van der Waals surface area contributed by atoms with Crippen molar-refractivity contribution in [3.05, 3.63) is 82.6 Å². The Morgan fingerprint density at radius 1 is 0.653 bits per heavy atom. The van der Waals surface area contributed by atoms with Crippen LogP contribution in [-0.4, -0.2) is 79.2 Å². The van der Waals surface area contributed by atoms with Crippen LogP contribution in [0.25, 0.3) is 11.2 Å². The van der Waals surface area contributed by atoms with Crippen LogP contribution in [0.15, 0.2) is 63.3 Å². The summed E-state index contributed by atoms with van der Waals surface area (Å²) in [6.45, 7) is 0.447. The first-order valence-corrected chi connectivity index (χ1v) is 28.6. The number of ether oxygens (including phenoxy) is 1. The summed E-state index contributed by atoms with van der Waals surface area (Å²) in [5.41, 5.74) is 5.01. The number of nitrogens with one attached hydrogen (secondary N) is 2. The van der Waals surface area contributed by atoms with Crippen molar-refractivity contribution in [2.24, 2.45) is 16.8 Å². The second kappa shape index (κ2) is 20.0. The number of halogens is 4. The molecule has 14 nitrogen and oxygen atoms in total. The SMILES string of the molecule is CS(=O)(=O)c1cc(C2CCC2)ccc1Nc1cc(CC(=O)C2CC2)nc2c1N=C(C(F)F)C2.CS(=O)(=O)c1cc(C2CCC2)ccc1Nc1cc(CC(=O)C2CC2)nc2c1nc(C(F)F)n2C1CCCCO1. The van der Waals surface area contributed by atoms with Crippen molar-refractivity contribution >= 4 is 76.6 Å². The molecular formula is C52H57F4N7O7S2. The number of carbonyl (C=O) groups excluding carboxylic acids is 2. The lowest BCUT2D eigenvalue weighted by atomic mass is 9.80. The van der Waals surface area contributed by atoms with E-state index in [9.17, 15) is 44.0 Å². The van der Waals surface area contributed by atoms with Crippen LogP contribution in [0.3, 0.4) is 0 Å². The van der Waals surface area contributed by atoms with Crippen molar-refractivity contribution in [3.8, 4) is 0 Å². The molecule has 20 heteroatoms. The van der Waals surface area contributed by atoms with E-state index in [1.807, 2.05) is 12.1 Å². The number of fused-ring (bicyclic) bond motifs is 2. The number of alkyl halides is 4. The lowest BCUT2D eigenvalue weighted by Crippen LogP contribution is -2.21. The van der Waals surface area contributed by atoms with Gasteiger partial charge in [-0.15, -0.1) is 0 Å². The van der Waals surface area contributed by atoms with Crippen LogP contribution in [0.4, 0.5) is 46.0 Å². The third-order valence-corrected chi connectivity index (χ3v) is 16.9. The average molecular weight is 1030 g/mol. The number of pyridine rings is 2. The van der Waals surface area contributed by atoms with E-state index in [2.05, 4.69) is 30.6 Å². The Labute approximate surface area is 415 Å². The highest BCUT2D eigenvalue weighted by atomic mass is 32.2. The average Bonchev–Trinajstić information content (AvgIpc) is 4.24. The molecule has 5 aromatic rings. The molecule has 6 aliphatic rings. The van der Waals surface area contributed by atoms with Gasteiger partial charge < -0.3 is 15.4 Å². The largest absolute Gasteiger partial charge is 0.358 e. The van der Waals surface area contributed by atoms with Crippen molar-refractivity contribution in [1.29, 1.82) is 0 Å². The third-order valence-electron chi connectivity index (χ3n) is 14.6. The molecule has 3 aromatic heterocycles. The molecule has 0 radical (unpaired) electrons. The summed E-state index contributed by atoms with van der Waals surface area (Å²) >= 11 is 0. The molecule has 11 rings (SSSR count). The maximum absolute atomic E-state index is 14.3. The Balaban J connectivity index is 0.000000168. The lowest BCUT2D eigenvalue weighted by Gasteiger charge is -2.26. The molecule has 4 aliphatic carbocycles. The summed E-state index contributed by atoms with van der Waals surface area (Å²) < 4.78 is 113. The van der Waals surface area contributed by atoms with E-state index in [1.54, 1.807) is 36.4 Å². The Hall–Kier alpha value is -5.60. The van der Waals surface area contributed by atoms with Gasteiger partial charge in [0.15, 0.2) is 31.1 Å². The minimum absolute atomic E-state index is 0.0120. The van der Waals surface area contributed by atoms with Crippen LogP contribution in [0.5, 0.6) is 0 Å². The van der Waals surface area contributed by atoms with Gasteiger partial charge in [0, 0.05) is 50.2 Å². The topological polar surface area (TPSA) is 192 Å². The molecule has 5 fully saturated rings. The number of aromatic nitrogens is 4. The summed E-state index contributed by atoms with van der Waals surface area (Å²) in [5.74, 6) is 0.460. The molecule has 2 aromatic carbocycles. The van der Waals surface area contributed by atoms with Gasteiger partial charge in [0.05, 0.1) is 55.3 Å². The molecule has 2 N–H and O–H groups in total. The number of hydrogen-bond acceptors (Lipinski definition) is 13. The van der Waals surface area contributed by atoms with Gasteiger partial charge in [0.2, 0.25) is 0 Å². The predicted octanol–water partition coefficient (Wildman–Crippen LogP) is 10.9. The van der Waals surface area contributed by atoms with E-state index in [-0.39, 0.29) is 75.0 Å². The van der Waals surface area contributed by atoms with E-state index >= 15 is 0 Å². The van der Waals surface area contributed by atoms with Gasteiger partial charge in [-0.1, -0.05) is 25.0 Å². The quantitative estimate of drug-likeness (QED) is 0.0839. The molecule has 0 amide bonds. The van der Waals surface area contributed by atoms with E-state index in [0.29, 0.717) is 64.7 Å². The molecule has 72 heavy (non-hydrogen) atoms. The Bertz CT molecular complexity index is 3210. The molecular weight excluding hydrogens is 975 g/mol. The molecule has 1 atom stereocenters. The Kier molecular flexibility index (Phi) is 13.9. The standard InChI is InChI=1S/C28H32F2N4O4S.C24H25F2N3O3S/c1-39(36,37)23-13-18(16-5-4-6-16)10-11-20(23)32-21-14-19(15-22(35)17-8-9-17)31-27-25(21)33-28(26(29)30)34(27)24-7-2-3-12-38-24;1-33(31,32)22-9-15(13-3-2-4-13)7-8-17(22)28-18-10-16(11-21(30)14-5-6-14)27-19-12-20(24(25)26)29-23(18)19/h10-11,13-14,16-17,24,26H,2-9,12,15H2,1H3,(H,31,32);7-10,13-14,24H,2-6,11-12H2,1H3,(H,27,28). The summed E-state index contributed by atoms with van der Waals surface area (Å²) in [6, 6.07) is 13.9. The molecule has 5 heterocycles. The number of imidazole rings is 1. The summed E-state index contributed by atoms with van der Waals surface area (Å²) in [7, 11) is -7.16. The van der Waals surface area contributed by atoms with Crippen LogP contribution in [-0.2, 0) is 53.3 Å². The van der Waals surface area contributed by atoms with Gasteiger partial charge in [-0.3, -0.25) is 19.1 Å². The maximum atomic E-state index is 14.3. The number of sulfone groups is 2. The monoisotopic (exact) mass is 1030 g/mol. The number of aliphatic imine (C=N–C) groups is 1. The van der Waals surface area contributed by atoms with Gasteiger partial charge >= 0.3 is 0 Å². The second-order valence-corrected chi connectivity index (χ2v) is 24.2. The van der Waals surface area contributed by atoms with E-state index < -0.39 is 44.6 Å². The zero-order valence-corrected chi connectivity index (χ0v) is 41.7. The number of ketones is 2. The smallest absolute Gasteiger partial charge is 0.295 e. The number of rotatable bonds is 17. The van der Waals surface area contributed by atoms with Crippen LogP contribution in [0, 0.1) is 11.8 Å². The van der Waals surface area contributed by atoms with Crippen molar-refractivity contribution in [3.63, 3.8) is 0 Å². The lowest BCUT2D eigenvalue weighted by molar-refractivity contribution is -0.120.